The van der Waals surface area contributed by atoms with Crippen molar-refractivity contribution in [2.75, 3.05) is 0 Å². The zero-order valence-electron chi connectivity index (χ0n) is 15.8. The van der Waals surface area contributed by atoms with Gasteiger partial charge in [0.1, 0.15) is 0 Å². The summed E-state index contributed by atoms with van der Waals surface area (Å²) in [5.41, 5.74) is 2.08. The lowest BCUT2D eigenvalue weighted by atomic mass is 9.93. The van der Waals surface area contributed by atoms with Crippen LogP contribution in [0.3, 0.4) is 0 Å². The van der Waals surface area contributed by atoms with Gasteiger partial charge in [-0.3, -0.25) is 9.59 Å². The minimum atomic E-state index is -0.575. The zero-order valence-corrected chi connectivity index (χ0v) is 16.6. The van der Waals surface area contributed by atoms with E-state index in [1.807, 2.05) is 78.2 Å². The summed E-state index contributed by atoms with van der Waals surface area (Å²) in [5, 5.41) is 12.6. The minimum Gasteiger partial charge on any atom is -0.503 e. The number of ketones is 1. The van der Waals surface area contributed by atoms with E-state index in [4.69, 9.17) is 0 Å². The number of nitrogens with zero attached hydrogens (tertiary/aromatic N) is 1. The first kappa shape index (κ1) is 19.2. The maximum atomic E-state index is 13.1. The quantitative estimate of drug-likeness (QED) is 0.614. The predicted molar refractivity (Wildman–Crippen MR) is 113 cm³/mol. The molecule has 0 fully saturated rings. The lowest BCUT2D eigenvalue weighted by Gasteiger charge is -2.26. The van der Waals surface area contributed by atoms with E-state index in [0.717, 1.165) is 16.0 Å². The van der Waals surface area contributed by atoms with Crippen molar-refractivity contribution in [3.8, 4) is 0 Å². The van der Waals surface area contributed by atoms with Crippen molar-refractivity contribution in [3.05, 3.63) is 106 Å². The molecular formula is C24H21NO3S. The van der Waals surface area contributed by atoms with Gasteiger partial charge < -0.3 is 10.0 Å². The molecule has 146 valence electrons. The number of rotatable bonds is 7. The normalized spacial score (nSPS) is 16.5. The molecule has 1 N–H and O–H groups in total. The van der Waals surface area contributed by atoms with Crippen LogP contribution >= 0.6 is 11.3 Å². The van der Waals surface area contributed by atoms with Crippen LogP contribution in [0.4, 0.5) is 0 Å². The van der Waals surface area contributed by atoms with Gasteiger partial charge >= 0.3 is 0 Å². The van der Waals surface area contributed by atoms with Gasteiger partial charge in [-0.15, -0.1) is 11.3 Å². The number of aryl methyl sites for hydroxylation is 1. The van der Waals surface area contributed by atoms with Crippen LogP contribution in [0.25, 0.3) is 0 Å². The Morgan fingerprint density at radius 3 is 2.31 bits per heavy atom. The lowest BCUT2D eigenvalue weighted by Crippen LogP contribution is -2.30. The number of carbonyl (C=O) groups excluding carboxylic acids is 2. The highest BCUT2D eigenvalue weighted by Gasteiger charge is 2.43. The van der Waals surface area contributed by atoms with Crippen molar-refractivity contribution in [2.24, 2.45) is 0 Å². The Hall–Kier alpha value is -3.18. The van der Waals surface area contributed by atoms with E-state index in [2.05, 4.69) is 0 Å². The van der Waals surface area contributed by atoms with Crippen molar-refractivity contribution in [1.82, 2.24) is 4.90 Å². The highest BCUT2D eigenvalue weighted by Crippen LogP contribution is 2.39. The van der Waals surface area contributed by atoms with Crippen molar-refractivity contribution in [3.63, 3.8) is 0 Å². The van der Waals surface area contributed by atoms with Gasteiger partial charge in [0.15, 0.2) is 11.5 Å². The van der Waals surface area contributed by atoms with Gasteiger partial charge in [-0.1, -0.05) is 66.7 Å². The number of thiophene rings is 1. The molecule has 4 rings (SSSR count). The highest BCUT2D eigenvalue weighted by atomic mass is 32.1. The molecule has 2 aromatic carbocycles. The molecule has 3 aromatic rings. The summed E-state index contributed by atoms with van der Waals surface area (Å²) < 4.78 is 0. The average molecular weight is 404 g/mol. The molecule has 0 bridgehead atoms. The van der Waals surface area contributed by atoms with Gasteiger partial charge in [0.25, 0.3) is 5.91 Å². The third-order valence-electron chi connectivity index (χ3n) is 5.11. The Labute approximate surface area is 173 Å². The molecule has 1 atom stereocenters. The maximum absolute atomic E-state index is 13.1. The molecule has 5 heteroatoms. The highest BCUT2D eigenvalue weighted by molar-refractivity contribution is 7.09. The second-order valence-electron chi connectivity index (χ2n) is 7.00. The minimum absolute atomic E-state index is 0.192. The van der Waals surface area contributed by atoms with E-state index >= 15 is 0 Å². The number of hydrogen-bond donors (Lipinski definition) is 1. The average Bonchev–Trinajstić information content (AvgIpc) is 3.36. The molecule has 4 nitrogen and oxygen atoms in total. The van der Waals surface area contributed by atoms with Crippen LogP contribution in [0.2, 0.25) is 0 Å². The first-order valence-corrected chi connectivity index (χ1v) is 10.4. The van der Waals surface area contributed by atoms with Gasteiger partial charge in [-0.2, -0.15) is 0 Å². The zero-order chi connectivity index (χ0) is 20.2. The van der Waals surface area contributed by atoms with E-state index in [1.165, 1.54) is 0 Å². The molecule has 0 spiro atoms. The summed E-state index contributed by atoms with van der Waals surface area (Å²) >= 11 is 1.55. The topological polar surface area (TPSA) is 57.6 Å². The smallest absolute Gasteiger partial charge is 0.290 e. The molecule has 2 heterocycles. The fourth-order valence-electron chi connectivity index (χ4n) is 3.69. The summed E-state index contributed by atoms with van der Waals surface area (Å²) in [7, 11) is 0. The summed E-state index contributed by atoms with van der Waals surface area (Å²) in [6.45, 7) is 0.357. The molecule has 1 aliphatic heterocycles. The van der Waals surface area contributed by atoms with E-state index in [1.54, 1.807) is 16.2 Å². The molecule has 1 aliphatic rings. The number of benzene rings is 2. The van der Waals surface area contributed by atoms with Crippen LogP contribution in [0.1, 0.15) is 28.5 Å². The van der Waals surface area contributed by atoms with Crippen LogP contribution < -0.4 is 0 Å². The first-order chi connectivity index (χ1) is 14.1. The van der Waals surface area contributed by atoms with Crippen molar-refractivity contribution >= 4 is 23.0 Å². The van der Waals surface area contributed by atoms with Gasteiger partial charge in [-0.05, 0) is 29.0 Å². The Balaban J connectivity index is 1.64. The molecule has 0 saturated heterocycles. The van der Waals surface area contributed by atoms with Crippen LogP contribution in [0.5, 0.6) is 0 Å². The lowest BCUT2D eigenvalue weighted by molar-refractivity contribution is -0.130. The Morgan fingerprint density at radius 1 is 0.966 bits per heavy atom. The van der Waals surface area contributed by atoms with E-state index in [9.17, 15) is 14.7 Å². The van der Waals surface area contributed by atoms with Crippen LogP contribution in [-0.2, 0) is 22.6 Å². The SMILES string of the molecule is O=C(CCc1ccccc1)C1=C(O)C(=O)N(Cc2cccs2)C1c1ccccc1. The fourth-order valence-corrected chi connectivity index (χ4v) is 4.39. The van der Waals surface area contributed by atoms with Crippen LogP contribution in [0, 0.1) is 0 Å². The Kier molecular flexibility index (Phi) is 5.58. The molecular weight excluding hydrogens is 382 g/mol. The Morgan fingerprint density at radius 2 is 1.66 bits per heavy atom. The van der Waals surface area contributed by atoms with Crippen LogP contribution in [0.15, 0.2) is 89.5 Å². The number of Topliss-reactive ketones (excluding diaryl/α,β-unsaturated/α-hetero) is 1. The van der Waals surface area contributed by atoms with Gasteiger partial charge in [0, 0.05) is 11.3 Å². The number of aliphatic hydroxyl groups is 1. The van der Waals surface area contributed by atoms with E-state index < -0.39 is 17.7 Å². The molecule has 0 saturated carbocycles. The second kappa shape index (κ2) is 8.45. The molecule has 1 aromatic heterocycles. The van der Waals surface area contributed by atoms with Gasteiger partial charge in [0.2, 0.25) is 0 Å². The summed E-state index contributed by atoms with van der Waals surface area (Å²) in [6, 6.07) is 22.5. The van der Waals surface area contributed by atoms with Crippen molar-refractivity contribution in [2.45, 2.75) is 25.4 Å². The molecule has 29 heavy (non-hydrogen) atoms. The number of amides is 1. The monoisotopic (exact) mass is 403 g/mol. The summed E-state index contributed by atoms with van der Waals surface area (Å²) in [6.07, 6.45) is 0.809. The molecule has 1 amide bonds. The third kappa shape index (κ3) is 4.00. The van der Waals surface area contributed by atoms with E-state index in [0.29, 0.717) is 13.0 Å². The van der Waals surface area contributed by atoms with Crippen molar-refractivity contribution < 1.29 is 14.7 Å². The third-order valence-corrected chi connectivity index (χ3v) is 5.97. The summed E-state index contributed by atoms with van der Waals surface area (Å²) in [4.78, 5) is 28.6. The van der Waals surface area contributed by atoms with Gasteiger partial charge in [0.05, 0.1) is 18.2 Å². The first-order valence-electron chi connectivity index (χ1n) is 9.53. The standard InChI is InChI=1S/C24H21NO3S/c26-20(14-13-17-8-3-1-4-9-17)21-22(18-10-5-2-6-11-18)25(24(28)23(21)27)16-19-12-7-15-29-19/h1-12,15,22,27H,13-14,16H2. The predicted octanol–water partition coefficient (Wildman–Crippen LogP) is 4.85. The molecule has 0 aliphatic carbocycles. The van der Waals surface area contributed by atoms with E-state index in [-0.39, 0.29) is 17.8 Å². The van der Waals surface area contributed by atoms with Crippen molar-refractivity contribution in [1.29, 1.82) is 0 Å². The van der Waals surface area contributed by atoms with Crippen LogP contribution in [-0.4, -0.2) is 21.7 Å². The number of aliphatic hydroxyl groups excluding tert-OH is 1. The number of hydrogen-bond acceptors (Lipinski definition) is 4. The second-order valence-corrected chi connectivity index (χ2v) is 8.03. The fraction of sp³-hybridized carbons (Fsp3) is 0.167. The molecule has 0 radical (unpaired) electrons. The number of carbonyl (C=O) groups is 2. The van der Waals surface area contributed by atoms with Gasteiger partial charge in [-0.25, -0.2) is 0 Å². The maximum Gasteiger partial charge on any atom is 0.290 e. The Bertz CT molecular complexity index is 1030. The summed E-state index contributed by atoms with van der Waals surface area (Å²) in [5.74, 6) is -1.11. The largest absolute Gasteiger partial charge is 0.503 e. The molecule has 1 unspecified atom stereocenters.